The van der Waals surface area contributed by atoms with Crippen LogP contribution >= 0.6 is 31.9 Å². The highest BCUT2D eigenvalue weighted by Gasteiger charge is 2.53. The Morgan fingerprint density at radius 3 is 2.45 bits per heavy atom. The molecular formula is C14H17Br2NO2S. The molecule has 0 saturated heterocycles. The second-order valence-electron chi connectivity index (χ2n) is 5.99. The molecule has 0 radical (unpaired) electrons. The van der Waals surface area contributed by atoms with Crippen LogP contribution in [-0.4, -0.2) is 15.0 Å². The zero-order valence-electron chi connectivity index (χ0n) is 11.2. The standard InChI is InChI=1S/C14H17Br2NO2S/c1-9-6-12(16)13(7-11(9)15)20(18,19)17-8-14(4-5-14)10-2-3-10/h6-7,10,17H,2-5,8H2,1H3. The first kappa shape index (κ1) is 15.0. The largest absolute Gasteiger partial charge is 0.241 e. The maximum Gasteiger partial charge on any atom is 0.241 e. The molecule has 1 aromatic rings. The molecule has 0 atom stereocenters. The molecule has 2 saturated carbocycles. The molecular weight excluding hydrogens is 406 g/mol. The minimum Gasteiger partial charge on any atom is -0.211 e. The van der Waals surface area contributed by atoms with Crippen molar-refractivity contribution in [1.82, 2.24) is 4.72 Å². The molecule has 2 aliphatic carbocycles. The number of benzene rings is 1. The third-order valence-corrected chi connectivity index (χ3v) is 7.67. The molecule has 3 rings (SSSR count). The lowest BCUT2D eigenvalue weighted by Gasteiger charge is -2.16. The number of hydrogen-bond acceptors (Lipinski definition) is 2. The van der Waals surface area contributed by atoms with Crippen LogP contribution in [-0.2, 0) is 10.0 Å². The summed E-state index contributed by atoms with van der Waals surface area (Å²) in [5.74, 6) is 0.749. The van der Waals surface area contributed by atoms with Gasteiger partial charge in [0.15, 0.2) is 0 Å². The first-order valence-electron chi connectivity index (χ1n) is 6.79. The summed E-state index contributed by atoms with van der Waals surface area (Å²) in [6.07, 6.45) is 4.86. The van der Waals surface area contributed by atoms with Crippen molar-refractivity contribution in [3.63, 3.8) is 0 Å². The van der Waals surface area contributed by atoms with Crippen molar-refractivity contribution in [1.29, 1.82) is 0 Å². The summed E-state index contributed by atoms with van der Waals surface area (Å²) in [6.45, 7) is 2.52. The van der Waals surface area contributed by atoms with Crippen molar-refractivity contribution in [2.75, 3.05) is 6.54 Å². The summed E-state index contributed by atoms with van der Waals surface area (Å²) in [5.41, 5.74) is 1.27. The van der Waals surface area contributed by atoms with Gasteiger partial charge in [0, 0.05) is 15.5 Å². The van der Waals surface area contributed by atoms with Crippen LogP contribution in [0.5, 0.6) is 0 Å². The Morgan fingerprint density at radius 2 is 1.90 bits per heavy atom. The Hall–Kier alpha value is 0.0900. The topological polar surface area (TPSA) is 46.2 Å². The van der Waals surface area contributed by atoms with Gasteiger partial charge in [0.25, 0.3) is 0 Å². The Balaban J connectivity index is 1.79. The summed E-state index contributed by atoms with van der Waals surface area (Å²) in [5, 5.41) is 0. The van der Waals surface area contributed by atoms with Gasteiger partial charge in [-0.05, 0) is 77.6 Å². The number of halogens is 2. The minimum absolute atomic E-state index is 0.265. The Morgan fingerprint density at radius 1 is 1.25 bits per heavy atom. The van der Waals surface area contributed by atoms with E-state index in [2.05, 4.69) is 36.6 Å². The van der Waals surface area contributed by atoms with Gasteiger partial charge in [-0.1, -0.05) is 15.9 Å². The van der Waals surface area contributed by atoms with E-state index >= 15 is 0 Å². The molecule has 0 spiro atoms. The van der Waals surface area contributed by atoms with E-state index in [4.69, 9.17) is 0 Å². The summed E-state index contributed by atoms with van der Waals surface area (Å²) in [4.78, 5) is 0.307. The molecule has 110 valence electrons. The number of nitrogens with one attached hydrogen (secondary N) is 1. The minimum atomic E-state index is -3.46. The van der Waals surface area contributed by atoms with Crippen LogP contribution in [0.1, 0.15) is 31.2 Å². The van der Waals surface area contributed by atoms with Gasteiger partial charge in [-0.25, -0.2) is 13.1 Å². The Bertz CT molecular complexity index is 649. The average Bonchev–Trinajstić information content (AvgIpc) is 3.24. The first-order valence-corrected chi connectivity index (χ1v) is 9.86. The van der Waals surface area contributed by atoms with Gasteiger partial charge in [-0.15, -0.1) is 0 Å². The molecule has 0 heterocycles. The normalized spacial score (nSPS) is 20.9. The molecule has 0 bridgehead atoms. The van der Waals surface area contributed by atoms with Crippen LogP contribution in [0.25, 0.3) is 0 Å². The summed E-state index contributed by atoms with van der Waals surface area (Å²) in [6, 6.07) is 3.49. The van der Waals surface area contributed by atoms with Gasteiger partial charge < -0.3 is 0 Å². The van der Waals surface area contributed by atoms with Crippen LogP contribution in [0.3, 0.4) is 0 Å². The van der Waals surface area contributed by atoms with Crippen molar-refractivity contribution in [3.05, 3.63) is 26.6 Å². The molecule has 0 aliphatic heterocycles. The van der Waals surface area contributed by atoms with Crippen molar-refractivity contribution in [2.24, 2.45) is 11.3 Å². The number of rotatable bonds is 5. The van der Waals surface area contributed by atoms with Crippen LogP contribution in [0.4, 0.5) is 0 Å². The fourth-order valence-corrected chi connectivity index (χ4v) is 5.55. The highest BCUT2D eigenvalue weighted by atomic mass is 79.9. The second-order valence-corrected chi connectivity index (χ2v) is 9.44. The molecule has 3 nitrogen and oxygen atoms in total. The third-order valence-electron chi connectivity index (χ3n) is 4.45. The van der Waals surface area contributed by atoms with Gasteiger partial charge in [0.1, 0.15) is 0 Å². The van der Waals surface area contributed by atoms with Gasteiger partial charge in [-0.3, -0.25) is 0 Å². The molecule has 0 unspecified atom stereocenters. The van der Waals surface area contributed by atoms with E-state index in [-0.39, 0.29) is 5.41 Å². The fraction of sp³-hybridized carbons (Fsp3) is 0.571. The van der Waals surface area contributed by atoms with E-state index in [0.29, 0.717) is 15.9 Å². The molecule has 2 fully saturated rings. The molecule has 1 aromatic carbocycles. The van der Waals surface area contributed by atoms with E-state index < -0.39 is 10.0 Å². The smallest absolute Gasteiger partial charge is 0.211 e. The van der Waals surface area contributed by atoms with Crippen LogP contribution in [0, 0.1) is 18.3 Å². The quantitative estimate of drug-likeness (QED) is 0.779. The predicted octanol–water partition coefficient (Wildman–Crippen LogP) is 3.99. The highest BCUT2D eigenvalue weighted by molar-refractivity contribution is 9.11. The van der Waals surface area contributed by atoms with E-state index in [9.17, 15) is 8.42 Å². The lowest BCUT2D eigenvalue weighted by atomic mass is 10.0. The maximum absolute atomic E-state index is 12.5. The molecule has 20 heavy (non-hydrogen) atoms. The van der Waals surface area contributed by atoms with Crippen LogP contribution < -0.4 is 4.72 Å². The fourth-order valence-electron chi connectivity index (χ4n) is 2.74. The molecule has 6 heteroatoms. The van der Waals surface area contributed by atoms with E-state index in [1.165, 1.54) is 25.7 Å². The average molecular weight is 423 g/mol. The Kier molecular flexibility index (Phi) is 3.81. The lowest BCUT2D eigenvalue weighted by Crippen LogP contribution is -2.31. The Labute approximate surface area is 136 Å². The van der Waals surface area contributed by atoms with Gasteiger partial charge in [0.2, 0.25) is 10.0 Å². The van der Waals surface area contributed by atoms with E-state index in [1.54, 1.807) is 6.07 Å². The summed E-state index contributed by atoms with van der Waals surface area (Å²) >= 11 is 6.75. The van der Waals surface area contributed by atoms with E-state index in [0.717, 1.165) is 16.0 Å². The van der Waals surface area contributed by atoms with Crippen molar-refractivity contribution in [2.45, 2.75) is 37.5 Å². The number of aryl methyl sites for hydroxylation is 1. The first-order chi connectivity index (χ1) is 9.34. The molecule has 2 aliphatic rings. The molecule has 1 N–H and O–H groups in total. The van der Waals surface area contributed by atoms with Gasteiger partial charge in [-0.2, -0.15) is 0 Å². The summed E-state index contributed by atoms with van der Waals surface area (Å²) in [7, 11) is -3.46. The zero-order valence-corrected chi connectivity index (χ0v) is 15.2. The maximum atomic E-state index is 12.5. The molecule has 0 amide bonds. The van der Waals surface area contributed by atoms with Gasteiger partial charge >= 0.3 is 0 Å². The SMILES string of the molecule is Cc1cc(Br)c(S(=O)(=O)NCC2(C3CC3)CC2)cc1Br. The zero-order chi connectivity index (χ0) is 14.5. The van der Waals surface area contributed by atoms with Crippen molar-refractivity contribution in [3.8, 4) is 0 Å². The van der Waals surface area contributed by atoms with Gasteiger partial charge in [0.05, 0.1) is 4.90 Å². The second kappa shape index (κ2) is 5.07. The predicted molar refractivity (Wildman–Crippen MR) is 86.2 cm³/mol. The molecule has 0 aromatic heterocycles. The van der Waals surface area contributed by atoms with Crippen LogP contribution in [0.2, 0.25) is 0 Å². The van der Waals surface area contributed by atoms with Crippen molar-refractivity contribution >= 4 is 41.9 Å². The summed E-state index contributed by atoms with van der Waals surface area (Å²) < 4.78 is 29.2. The monoisotopic (exact) mass is 421 g/mol. The van der Waals surface area contributed by atoms with Crippen LogP contribution in [0.15, 0.2) is 26.0 Å². The number of sulfonamides is 1. The van der Waals surface area contributed by atoms with Crippen molar-refractivity contribution < 1.29 is 8.42 Å². The number of hydrogen-bond donors (Lipinski definition) is 1. The highest BCUT2D eigenvalue weighted by Crippen LogP contribution is 2.60. The lowest BCUT2D eigenvalue weighted by molar-refractivity contribution is 0.432. The van der Waals surface area contributed by atoms with E-state index in [1.807, 2.05) is 13.0 Å². The third kappa shape index (κ3) is 2.85.